The summed E-state index contributed by atoms with van der Waals surface area (Å²) in [7, 11) is 1.67. The molecule has 0 aliphatic heterocycles. The van der Waals surface area contributed by atoms with Gasteiger partial charge in [0.1, 0.15) is 5.75 Å². The second kappa shape index (κ2) is 4.43. The van der Waals surface area contributed by atoms with Crippen LogP contribution in [0.25, 0.3) is 0 Å². The van der Waals surface area contributed by atoms with Crippen LogP contribution in [0.1, 0.15) is 0 Å². The molecule has 0 aliphatic rings. The van der Waals surface area contributed by atoms with Gasteiger partial charge in [0.15, 0.2) is 0 Å². The minimum atomic E-state index is -11.2. The molecule has 0 N–H and O–H groups in total. The van der Waals surface area contributed by atoms with Gasteiger partial charge in [-0.25, -0.2) is 0 Å². The Kier molecular flexibility index (Phi) is 4.48. The molecular weight excluding hydrogens is 463 g/mol. The second-order valence-corrected chi connectivity index (χ2v) is 9.33. The summed E-state index contributed by atoms with van der Waals surface area (Å²) in [4.78, 5) is 0. The molecule has 0 aromatic heterocycles. The van der Waals surface area contributed by atoms with E-state index in [0.717, 1.165) is 5.75 Å². The van der Waals surface area contributed by atoms with E-state index in [1.165, 1.54) is 3.57 Å². The van der Waals surface area contributed by atoms with Crippen molar-refractivity contribution in [3.05, 3.63) is 27.8 Å². The fraction of sp³-hybridized carbons (Fsp3) is 0.143. The predicted octanol–water partition coefficient (Wildman–Crippen LogP) is 4.44. The van der Waals surface area contributed by atoms with E-state index in [4.69, 9.17) is 4.74 Å². The average Bonchev–Trinajstić information content (AvgIpc) is 2.00. The van der Waals surface area contributed by atoms with Crippen molar-refractivity contribution in [1.29, 1.82) is 0 Å². The molecule has 0 aliphatic carbocycles. The topological polar surface area (TPSA) is 9.23 Å². The monoisotopic (exact) mass is 469 g/mol. The van der Waals surface area contributed by atoms with Gasteiger partial charge in [-0.05, 0) is 46.9 Å². The van der Waals surface area contributed by atoms with Crippen molar-refractivity contribution >= 4 is 42.1 Å². The van der Waals surface area contributed by atoms with Crippen LogP contribution in [0.15, 0.2) is 24.3 Å². The van der Waals surface area contributed by atoms with E-state index in [9.17, 15) is 16.9 Å². The summed E-state index contributed by atoms with van der Waals surface area (Å²) < 4.78 is 65.7. The number of hydrogen-bond donors (Lipinski definition) is 0. The summed E-state index contributed by atoms with van der Waals surface area (Å²) in [6.45, 7) is 0. The Morgan fingerprint density at radius 3 is 1.50 bits per heavy atom. The first-order valence-electron chi connectivity index (χ1n) is 3.64. The van der Waals surface area contributed by atoms with Crippen molar-refractivity contribution in [2.24, 2.45) is 0 Å². The molecule has 0 fully saturated rings. The molecule has 0 saturated heterocycles. The third-order valence-corrected chi connectivity index (χ3v) is 1.77. The Morgan fingerprint density at radius 1 is 0.938 bits per heavy atom. The molecule has 0 bridgehead atoms. The van der Waals surface area contributed by atoms with Crippen LogP contribution in [0.4, 0.5) is 16.9 Å². The first-order valence-corrected chi connectivity index (χ1v) is 10.5. The van der Waals surface area contributed by atoms with Gasteiger partial charge in [0, 0.05) is 3.57 Å². The molecule has 0 saturated carbocycles. The maximum absolute atomic E-state index is 11.2. The van der Waals surface area contributed by atoms with Crippen LogP contribution >= 0.6 is 22.6 Å². The van der Waals surface area contributed by atoms with E-state index >= 15 is 0 Å². The molecule has 0 spiro atoms. The fourth-order valence-corrected chi connectivity index (χ4v) is 0.930. The third kappa shape index (κ3) is 16.6. The van der Waals surface area contributed by atoms with Crippen LogP contribution in [0.3, 0.4) is 0 Å². The van der Waals surface area contributed by atoms with E-state index in [0.29, 0.717) is 0 Å². The quantitative estimate of drug-likeness (QED) is 0.336. The third-order valence-electron chi connectivity index (χ3n) is 1.05. The van der Waals surface area contributed by atoms with Crippen molar-refractivity contribution in [2.75, 3.05) is 7.11 Å². The number of ether oxygens (including phenoxy) is 1. The molecule has 1 aromatic carbocycles. The summed E-state index contributed by atoms with van der Waals surface area (Å²) in [5, 5.41) is 0. The van der Waals surface area contributed by atoms with Crippen LogP contribution < -0.4 is 4.74 Å². The van der Waals surface area contributed by atoms with Crippen molar-refractivity contribution in [2.45, 2.75) is 0 Å². The number of methoxy groups -OCH3 is 1. The Hall–Kier alpha value is 0.148. The first kappa shape index (κ1) is 16.1. The molecule has 0 atom stereocenters. The normalized spacial score (nSPS) is 15.2. The molecule has 0 heterocycles. The Morgan fingerprint density at radius 2 is 1.25 bits per heavy atom. The molecule has 1 rings (SSSR count). The predicted molar refractivity (Wildman–Crippen MR) is 58.1 cm³/mol. The van der Waals surface area contributed by atoms with Crippen molar-refractivity contribution in [3.8, 4) is 5.75 Å². The fourth-order valence-electron chi connectivity index (χ4n) is 0.571. The Balaban J connectivity index is 0.000000293. The summed E-state index contributed by atoms with van der Waals surface area (Å²) in [6, 6.07) is 7.92. The van der Waals surface area contributed by atoms with E-state index in [1.807, 2.05) is 24.3 Å². The second-order valence-electron chi connectivity index (χ2n) is 2.62. The van der Waals surface area contributed by atoms with Crippen molar-refractivity contribution in [1.82, 2.24) is 0 Å². The van der Waals surface area contributed by atoms with Gasteiger partial charge in [0.2, 0.25) is 0 Å². The van der Waals surface area contributed by atoms with Crippen LogP contribution in [0.5, 0.6) is 5.75 Å². The van der Waals surface area contributed by atoms with E-state index in [-0.39, 0.29) is 0 Å². The zero-order valence-electron chi connectivity index (χ0n) is 7.81. The molecule has 0 radical (unpaired) electrons. The van der Waals surface area contributed by atoms with Gasteiger partial charge < -0.3 is 4.74 Å². The number of halogens is 7. The van der Waals surface area contributed by atoms with Gasteiger partial charge >= 0.3 is 36.4 Å². The first-order chi connectivity index (χ1) is 6.78. The van der Waals surface area contributed by atoms with Gasteiger partial charge in [0.25, 0.3) is 0 Å². The van der Waals surface area contributed by atoms with E-state index < -0.39 is 19.5 Å². The molecule has 0 amide bonds. The van der Waals surface area contributed by atoms with Gasteiger partial charge in [-0.15, -0.1) is 0 Å². The van der Waals surface area contributed by atoms with Crippen LogP contribution in [0.2, 0.25) is 0 Å². The standard InChI is InChI=1S/C7H7IO.6FH.Sb/c1-9-7-4-2-6(8)3-5-7;;;;;;;/h2-5H,1H3;6*1H;/q;;;;;;;+5/p-6. The van der Waals surface area contributed by atoms with E-state index in [2.05, 4.69) is 22.6 Å². The van der Waals surface area contributed by atoms with Gasteiger partial charge in [-0.3, -0.25) is 0 Å². The van der Waals surface area contributed by atoms with Gasteiger partial charge in [0.05, 0.1) is 7.11 Å². The molecule has 16 heavy (non-hydrogen) atoms. The molecule has 1 aromatic rings. The Labute approximate surface area is 104 Å². The molecule has 0 unspecified atom stereocenters. The average molecular weight is 470 g/mol. The number of rotatable bonds is 1. The Bertz CT molecular complexity index is 332. The molecular formula is C7H7F6IOSb-. The van der Waals surface area contributed by atoms with Crippen LogP contribution in [-0.4, -0.2) is 26.6 Å². The molecule has 9 heteroatoms. The summed E-state index contributed by atoms with van der Waals surface area (Å²) in [5.74, 6) is 0.912. The minimum absolute atomic E-state index is 0.912. The van der Waals surface area contributed by atoms with Crippen LogP contribution in [-0.2, 0) is 0 Å². The van der Waals surface area contributed by atoms with Crippen molar-refractivity contribution in [3.63, 3.8) is 0 Å². The van der Waals surface area contributed by atoms with E-state index in [1.54, 1.807) is 7.11 Å². The number of hydrogen-bond acceptors (Lipinski definition) is 1. The van der Waals surface area contributed by atoms with Gasteiger partial charge in [-0.2, -0.15) is 0 Å². The van der Waals surface area contributed by atoms with Gasteiger partial charge in [-0.1, -0.05) is 0 Å². The molecule has 1 nitrogen and oxygen atoms in total. The summed E-state index contributed by atoms with van der Waals surface area (Å²) in [5.41, 5.74) is 0. The zero-order chi connectivity index (χ0) is 13.1. The zero-order valence-corrected chi connectivity index (χ0v) is 12.5. The van der Waals surface area contributed by atoms with Crippen molar-refractivity contribution < 1.29 is 21.6 Å². The maximum atomic E-state index is 9.93. The SMILES string of the molecule is COc1ccc(I)cc1.[F][Sb-]([F])([F])([F])([F])[F]. The summed E-state index contributed by atoms with van der Waals surface area (Å²) >= 11 is -8.99. The molecule has 96 valence electrons. The number of benzene rings is 1. The van der Waals surface area contributed by atoms with Crippen LogP contribution in [0, 0.1) is 3.57 Å². The summed E-state index contributed by atoms with van der Waals surface area (Å²) in [6.07, 6.45) is 0.